The Morgan fingerprint density at radius 2 is 2.29 bits per heavy atom. The van der Waals surface area contributed by atoms with Crippen molar-refractivity contribution >= 4 is 5.91 Å². The van der Waals surface area contributed by atoms with Crippen LogP contribution in [0.25, 0.3) is 0 Å². The predicted molar refractivity (Wildman–Crippen MR) is 90.9 cm³/mol. The molecule has 0 spiro atoms. The summed E-state index contributed by atoms with van der Waals surface area (Å²) in [7, 11) is 1.63. The van der Waals surface area contributed by atoms with Gasteiger partial charge in [0, 0.05) is 19.0 Å². The van der Waals surface area contributed by atoms with Crippen molar-refractivity contribution < 1.29 is 14.1 Å². The summed E-state index contributed by atoms with van der Waals surface area (Å²) in [5.74, 6) is 1.81. The maximum absolute atomic E-state index is 12.8. The fourth-order valence-electron chi connectivity index (χ4n) is 3.28. The molecule has 0 saturated carbocycles. The number of likely N-dealkylation sites (tertiary alicyclic amines) is 1. The average molecular weight is 328 g/mol. The number of hydrogen-bond donors (Lipinski definition) is 0. The second-order valence-corrected chi connectivity index (χ2v) is 6.24. The van der Waals surface area contributed by atoms with Gasteiger partial charge in [0.15, 0.2) is 0 Å². The third-order valence-corrected chi connectivity index (χ3v) is 4.48. The van der Waals surface area contributed by atoms with Crippen LogP contribution >= 0.6 is 0 Å². The van der Waals surface area contributed by atoms with E-state index in [1.807, 2.05) is 35.2 Å². The van der Waals surface area contributed by atoms with Crippen LogP contribution in [0.4, 0.5) is 0 Å². The van der Waals surface area contributed by atoms with Crippen molar-refractivity contribution in [2.75, 3.05) is 13.7 Å². The van der Waals surface area contributed by atoms with Gasteiger partial charge in [-0.3, -0.25) is 4.79 Å². The van der Waals surface area contributed by atoms with E-state index >= 15 is 0 Å². The molecule has 0 bridgehead atoms. The summed E-state index contributed by atoms with van der Waals surface area (Å²) in [6, 6.07) is 9.72. The number of aryl methyl sites for hydroxylation is 1. The fraction of sp³-hybridized carbons (Fsp3) is 0.474. The number of carbonyl (C=O) groups is 1. The minimum absolute atomic E-state index is 0.0393. The number of aromatic nitrogens is 1. The number of rotatable bonds is 6. The molecule has 5 nitrogen and oxygen atoms in total. The summed E-state index contributed by atoms with van der Waals surface area (Å²) in [4.78, 5) is 14.7. The maximum atomic E-state index is 12.8. The number of benzene rings is 1. The Labute approximate surface area is 142 Å². The first kappa shape index (κ1) is 16.6. The van der Waals surface area contributed by atoms with Crippen LogP contribution in [0.2, 0.25) is 0 Å². The number of methoxy groups -OCH3 is 1. The van der Waals surface area contributed by atoms with Gasteiger partial charge in [-0.2, -0.15) is 0 Å². The van der Waals surface area contributed by atoms with E-state index in [4.69, 9.17) is 9.26 Å². The molecule has 24 heavy (non-hydrogen) atoms. The number of carbonyl (C=O) groups excluding carboxylic acids is 1. The van der Waals surface area contributed by atoms with Crippen LogP contribution in [0.15, 0.2) is 34.9 Å². The quantitative estimate of drug-likeness (QED) is 0.814. The van der Waals surface area contributed by atoms with Crippen molar-refractivity contribution in [2.24, 2.45) is 0 Å². The summed E-state index contributed by atoms with van der Waals surface area (Å²) in [6.07, 6.45) is 4.25. The second-order valence-electron chi connectivity index (χ2n) is 6.24. The normalized spacial score (nSPS) is 17.2. The molecule has 128 valence electrons. The topological polar surface area (TPSA) is 55.6 Å². The van der Waals surface area contributed by atoms with Gasteiger partial charge < -0.3 is 14.2 Å². The van der Waals surface area contributed by atoms with Crippen molar-refractivity contribution in [3.05, 3.63) is 47.3 Å². The zero-order valence-corrected chi connectivity index (χ0v) is 14.3. The maximum Gasteiger partial charge on any atom is 0.227 e. The van der Waals surface area contributed by atoms with E-state index in [0.717, 1.165) is 55.0 Å². The van der Waals surface area contributed by atoms with Crippen molar-refractivity contribution in [2.45, 2.75) is 45.1 Å². The second kappa shape index (κ2) is 7.51. The summed E-state index contributed by atoms with van der Waals surface area (Å²) in [5, 5.41) is 4.19. The van der Waals surface area contributed by atoms with Gasteiger partial charge in [-0.15, -0.1) is 0 Å². The molecule has 1 aliphatic rings. The molecule has 1 aliphatic heterocycles. The lowest BCUT2D eigenvalue weighted by molar-refractivity contribution is -0.131. The molecule has 1 aromatic heterocycles. The molecule has 0 N–H and O–H groups in total. The number of hydrogen-bond acceptors (Lipinski definition) is 4. The minimum atomic E-state index is 0.0393. The number of nitrogens with zero attached hydrogens (tertiary/aromatic N) is 2. The van der Waals surface area contributed by atoms with Gasteiger partial charge in [-0.05, 0) is 37.0 Å². The Morgan fingerprint density at radius 1 is 1.42 bits per heavy atom. The Balaban J connectivity index is 1.70. The summed E-state index contributed by atoms with van der Waals surface area (Å²) < 4.78 is 10.6. The van der Waals surface area contributed by atoms with Crippen LogP contribution in [0.5, 0.6) is 5.75 Å². The Bertz CT molecular complexity index is 695. The molecule has 1 fully saturated rings. The van der Waals surface area contributed by atoms with Crippen LogP contribution in [-0.2, 0) is 17.6 Å². The van der Waals surface area contributed by atoms with E-state index in [2.05, 4.69) is 12.1 Å². The lowest BCUT2D eigenvalue weighted by Crippen LogP contribution is -2.32. The lowest BCUT2D eigenvalue weighted by atomic mass is 10.1. The number of amides is 1. The van der Waals surface area contributed by atoms with Crippen LogP contribution < -0.4 is 4.74 Å². The van der Waals surface area contributed by atoms with Crippen LogP contribution in [0, 0.1) is 0 Å². The van der Waals surface area contributed by atoms with E-state index in [1.165, 1.54) is 0 Å². The predicted octanol–water partition coefficient (Wildman–Crippen LogP) is 3.54. The van der Waals surface area contributed by atoms with E-state index in [-0.39, 0.29) is 11.9 Å². The third-order valence-electron chi connectivity index (χ3n) is 4.48. The van der Waals surface area contributed by atoms with Crippen molar-refractivity contribution in [3.63, 3.8) is 0 Å². The van der Waals surface area contributed by atoms with Gasteiger partial charge in [0.05, 0.1) is 19.6 Å². The molecule has 0 aliphatic carbocycles. The smallest absolute Gasteiger partial charge is 0.227 e. The minimum Gasteiger partial charge on any atom is -0.497 e. The Kier molecular flexibility index (Phi) is 5.18. The highest BCUT2D eigenvalue weighted by molar-refractivity contribution is 5.79. The van der Waals surface area contributed by atoms with Crippen LogP contribution in [0.1, 0.15) is 49.2 Å². The highest BCUT2D eigenvalue weighted by atomic mass is 16.5. The van der Waals surface area contributed by atoms with Gasteiger partial charge in [-0.1, -0.05) is 24.2 Å². The lowest BCUT2D eigenvalue weighted by Gasteiger charge is -2.23. The molecule has 0 radical (unpaired) electrons. The highest BCUT2D eigenvalue weighted by Gasteiger charge is 2.32. The van der Waals surface area contributed by atoms with E-state index in [1.54, 1.807) is 7.11 Å². The van der Waals surface area contributed by atoms with Crippen molar-refractivity contribution in [1.82, 2.24) is 10.1 Å². The zero-order valence-electron chi connectivity index (χ0n) is 14.3. The van der Waals surface area contributed by atoms with E-state index in [0.29, 0.717) is 6.42 Å². The molecule has 3 rings (SSSR count). The molecule has 1 amide bonds. The molecule has 1 atom stereocenters. The van der Waals surface area contributed by atoms with Crippen LogP contribution in [-0.4, -0.2) is 29.6 Å². The van der Waals surface area contributed by atoms with Crippen LogP contribution in [0.3, 0.4) is 0 Å². The van der Waals surface area contributed by atoms with Crippen molar-refractivity contribution in [1.29, 1.82) is 0 Å². The molecule has 1 saturated heterocycles. The first-order valence-corrected chi connectivity index (χ1v) is 8.59. The van der Waals surface area contributed by atoms with Gasteiger partial charge in [0.2, 0.25) is 5.91 Å². The largest absolute Gasteiger partial charge is 0.497 e. The monoisotopic (exact) mass is 328 g/mol. The first-order valence-electron chi connectivity index (χ1n) is 8.59. The zero-order chi connectivity index (χ0) is 16.9. The molecular formula is C19H24N2O3. The van der Waals surface area contributed by atoms with Crippen molar-refractivity contribution in [3.8, 4) is 5.75 Å². The standard InChI is InChI=1S/C19H24N2O3/c1-3-6-16-13-17(20-24-16)18-9-5-10-21(18)19(22)12-14-7-4-8-15(11-14)23-2/h4,7-8,11,13,18H,3,5-6,9-10,12H2,1-2H3/t18-/m0/s1. The Hall–Kier alpha value is -2.30. The molecule has 2 heterocycles. The molecule has 2 aromatic rings. The number of ether oxygens (including phenoxy) is 1. The SMILES string of the molecule is CCCc1cc([C@@H]2CCCN2C(=O)Cc2cccc(OC)c2)no1. The highest BCUT2D eigenvalue weighted by Crippen LogP contribution is 2.32. The van der Waals surface area contributed by atoms with Gasteiger partial charge >= 0.3 is 0 Å². The summed E-state index contributed by atoms with van der Waals surface area (Å²) in [5.41, 5.74) is 1.85. The van der Waals surface area contributed by atoms with E-state index in [9.17, 15) is 4.79 Å². The summed E-state index contributed by atoms with van der Waals surface area (Å²) >= 11 is 0. The molecule has 5 heteroatoms. The molecule has 1 aromatic carbocycles. The van der Waals surface area contributed by atoms with Gasteiger partial charge in [0.1, 0.15) is 17.2 Å². The van der Waals surface area contributed by atoms with Gasteiger partial charge in [0.25, 0.3) is 0 Å². The fourth-order valence-corrected chi connectivity index (χ4v) is 3.28. The average Bonchev–Trinajstić information content (AvgIpc) is 3.24. The first-order chi connectivity index (χ1) is 11.7. The Morgan fingerprint density at radius 3 is 3.08 bits per heavy atom. The third kappa shape index (κ3) is 3.61. The van der Waals surface area contributed by atoms with Gasteiger partial charge in [-0.25, -0.2) is 0 Å². The summed E-state index contributed by atoms with van der Waals surface area (Å²) in [6.45, 7) is 2.89. The van der Waals surface area contributed by atoms with E-state index < -0.39 is 0 Å². The molecular weight excluding hydrogens is 304 g/mol. The molecule has 0 unspecified atom stereocenters.